The lowest BCUT2D eigenvalue weighted by molar-refractivity contribution is 1.51. The Kier molecular flexibility index (Phi) is 3.45. The molecule has 0 atom stereocenters. The van der Waals surface area contributed by atoms with Crippen molar-refractivity contribution in [2.45, 2.75) is 0 Å². The number of hydrogen-bond donors (Lipinski definition) is 1. The highest BCUT2D eigenvalue weighted by atomic mass is 35.5. The summed E-state index contributed by atoms with van der Waals surface area (Å²) < 4.78 is 0.271. The second kappa shape index (κ2) is 4.39. The Balaban J connectivity index is 2.85. The summed E-state index contributed by atoms with van der Waals surface area (Å²) in [6, 6.07) is 7.80. The second-order valence-corrected chi connectivity index (χ2v) is 3.31. The van der Waals surface area contributed by atoms with Gasteiger partial charge in [-0.2, -0.15) is 0 Å². The monoisotopic (exact) mass is 201 g/mol. The van der Waals surface area contributed by atoms with Crippen LogP contribution >= 0.6 is 23.2 Å². The lowest BCUT2D eigenvalue weighted by Gasteiger charge is -1.98. The molecule has 0 unspecified atom stereocenters. The zero-order valence-corrected chi connectivity index (χ0v) is 8.15. The Morgan fingerprint density at radius 1 is 1.25 bits per heavy atom. The first-order chi connectivity index (χ1) is 5.72. The van der Waals surface area contributed by atoms with Gasteiger partial charge in [-0.15, -0.1) is 0 Å². The average Bonchev–Trinajstić information content (AvgIpc) is 2.05. The van der Waals surface area contributed by atoms with Gasteiger partial charge < -0.3 is 5.32 Å². The molecule has 64 valence electrons. The van der Waals surface area contributed by atoms with Crippen molar-refractivity contribution >= 4 is 35.0 Å². The Morgan fingerprint density at radius 3 is 2.25 bits per heavy atom. The van der Waals surface area contributed by atoms with E-state index in [-0.39, 0.29) is 4.49 Å². The summed E-state index contributed by atoms with van der Waals surface area (Å²) in [6.07, 6.45) is 1.70. The number of benzene rings is 1. The van der Waals surface area contributed by atoms with Gasteiger partial charge in [-0.3, -0.25) is 0 Å². The molecule has 3 heteroatoms. The Bertz CT molecular complexity index is 273. The van der Waals surface area contributed by atoms with E-state index in [1.165, 1.54) is 0 Å². The summed E-state index contributed by atoms with van der Waals surface area (Å²) in [5, 5.41) is 3.02. The maximum absolute atomic E-state index is 5.50. The minimum Gasteiger partial charge on any atom is -0.388 e. The largest absolute Gasteiger partial charge is 0.388 e. The molecule has 1 rings (SSSR count). The molecule has 0 saturated carbocycles. The molecule has 0 bridgehead atoms. The van der Waals surface area contributed by atoms with Gasteiger partial charge in [0, 0.05) is 12.7 Å². The molecule has 1 nitrogen and oxygen atoms in total. The van der Waals surface area contributed by atoms with Gasteiger partial charge >= 0.3 is 0 Å². The van der Waals surface area contributed by atoms with Gasteiger partial charge in [0.1, 0.15) is 4.49 Å². The molecule has 12 heavy (non-hydrogen) atoms. The van der Waals surface area contributed by atoms with Crippen LogP contribution in [0.2, 0.25) is 0 Å². The number of halogens is 2. The molecule has 0 heterocycles. The summed E-state index contributed by atoms with van der Waals surface area (Å²) in [5.41, 5.74) is 2.06. The molecule has 0 fully saturated rings. The van der Waals surface area contributed by atoms with Crippen molar-refractivity contribution < 1.29 is 0 Å². The van der Waals surface area contributed by atoms with Gasteiger partial charge in [-0.05, 0) is 23.8 Å². The van der Waals surface area contributed by atoms with E-state index in [1.54, 1.807) is 6.08 Å². The molecule has 1 N–H and O–H groups in total. The van der Waals surface area contributed by atoms with Crippen LogP contribution in [0.1, 0.15) is 5.56 Å². The van der Waals surface area contributed by atoms with E-state index in [0.29, 0.717) is 0 Å². The summed E-state index contributed by atoms with van der Waals surface area (Å²) in [5.74, 6) is 0. The van der Waals surface area contributed by atoms with E-state index in [4.69, 9.17) is 23.2 Å². The first-order valence-corrected chi connectivity index (χ1v) is 4.28. The number of nitrogens with one attached hydrogen (secondary N) is 1. The van der Waals surface area contributed by atoms with E-state index in [2.05, 4.69) is 5.32 Å². The zero-order chi connectivity index (χ0) is 8.97. The van der Waals surface area contributed by atoms with Crippen molar-refractivity contribution in [1.82, 2.24) is 0 Å². The van der Waals surface area contributed by atoms with Gasteiger partial charge in [-0.1, -0.05) is 35.3 Å². The van der Waals surface area contributed by atoms with E-state index >= 15 is 0 Å². The fourth-order valence-electron chi connectivity index (χ4n) is 0.872. The Labute approximate surface area is 82.0 Å². The molecule has 0 saturated heterocycles. The van der Waals surface area contributed by atoms with Crippen LogP contribution in [0.3, 0.4) is 0 Å². The second-order valence-electron chi connectivity index (χ2n) is 2.31. The van der Waals surface area contributed by atoms with E-state index in [9.17, 15) is 0 Å². The molecule has 0 radical (unpaired) electrons. The van der Waals surface area contributed by atoms with Crippen LogP contribution in [0.15, 0.2) is 28.8 Å². The van der Waals surface area contributed by atoms with E-state index in [1.807, 2.05) is 31.3 Å². The average molecular weight is 202 g/mol. The summed E-state index contributed by atoms with van der Waals surface area (Å²) in [4.78, 5) is 0. The SMILES string of the molecule is CNc1ccc(C=C(Cl)Cl)cc1. The first-order valence-electron chi connectivity index (χ1n) is 3.53. The molecule has 0 aromatic heterocycles. The predicted octanol–water partition coefficient (Wildman–Crippen LogP) is 3.50. The number of rotatable bonds is 2. The predicted molar refractivity (Wildman–Crippen MR) is 55.7 cm³/mol. The van der Waals surface area contributed by atoms with Gasteiger partial charge in [-0.25, -0.2) is 0 Å². The quantitative estimate of drug-likeness (QED) is 0.773. The molecule has 1 aromatic rings. The van der Waals surface area contributed by atoms with Gasteiger partial charge in [0.15, 0.2) is 0 Å². The maximum atomic E-state index is 5.50. The summed E-state index contributed by atoms with van der Waals surface area (Å²) in [6.45, 7) is 0. The van der Waals surface area contributed by atoms with Crippen molar-refractivity contribution in [3.8, 4) is 0 Å². The zero-order valence-electron chi connectivity index (χ0n) is 6.64. The van der Waals surface area contributed by atoms with E-state index < -0.39 is 0 Å². The normalized spacial score (nSPS) is 9.25. The molecular weight excluding hydrogens is 193 g/mol. The van der Waals surface area contributed by atoms with Crippen LogP contribution in [0.4, 0.5) is 5.69 Å². The van der Waals surface area contributed by atoms with Gasteiger partial charge in [0.25, 0.3) is 0 Å². The first kappa shape index (κ1) is 9.43. The molecular formula is C9H9Cl2N. The van der Waals surface area contributed by atoms with Gasteiger partial charge in [0.2, 0.25) is 0 Å². The van der Waals surface area contributed by atoms with Crippen molar-refractivity contribution in [3.05, 3.63) is 34.3 Å². The molecule has 0 aliphatic rings. The van der Waals surface area contributed by atoms with E-state index in [0.717, 1.165) is 11.3 Å². The third-order valence-electron chi connectivity index (χ3n) is 1.48. The standard InChI is InChI=1S/C9H9Cl2N/c1-12-8-4-2-7(3-5-8)6-9(10)11/h2-6,12H,1H3. The third-order valence-corrected chi connectivity index (χ3v) is 1.69. The van der Waals surface area contributed by atoms with Crippen LogP contribution in [0, 0.1) is 0 Å². The highest BCUT2D eigenvalue weighted by molar-refractivity contribution is 6.57. The number of hydrogen-bond acceptors (Lipinski definition) is 1. The Hall–Kier alpha value is -0.660. The smallest absolute Gasteiger partial charge is 0.107 e. The maximum Gasteiger partial charge on any atom is 0.107 e. The fourth-order valence-corrected chi connectivity index (χ4v) is 1.12. The Morgan fingerprint density at radius 2 is 1.83 bits per heavy atom. The highest BCUT2D eigenvalue weighted by Gasteiger charge is 1.90. The van der Waals surface area contributed by atoms with Crippen LogP contribution < -0.4 is 5.32 Å². The lowest BCUT2D eigenvalue weighted by atomic mass is 10.2. The van der Waals surface area contributed by atoms with Crippen molar-refractivity contribution in [2.75, 3.05) is 12.4 Å². The third kappa shape index (κ3) is 2.76. The van der Waals surface area contributed by atoms with Crippen LogP contribution in [0.5, 0.6) is 0 Å². The minimum absolute atomic E-state index is 0.271. The molecule has 1 aromatic carbocycles. The molecule has 0 amide bonds. The van der Waals surface area contributed by atoms with Crippen molar-refractivity contribution in [3.63, 3.8) is 0 Å². The minimum atomic E-state index is 0.271. The summed E-state index contributed by atoms with van der Waals surface area (Å²) >= 11 is 11.0. The van der Waals surface area contributed by atoms with Crippen LogP contribution in [-0.2, 0) is 0 Å². The van der Waals surface area contributed by atoms with Crippen LogP contribution in [0.25, 0.3) is 6.08 Å². The van der Waals surface area contributed by atoms with Crippen molar-refractivity contribution in [1.29, 1.82) is 0 Å². The molecule has 0 aliphatic heterocycles. The van der Waals surface area contributed by atoms with Crippen molar-refractivity contribution in [2.24, 2.45) is 0 Å². The lowest BCUT2D eigenvalue weighted by Crippen LogP contribution is -1.86. The highest BCUT2D eigenvalue weighted by Crippen LogP contribution is 2.15. The summed E-state index contributed by atoms with van der Waals surface area (Å²) in [7, 11) is 1.87. The molecule has 0 spiro atoms. The van der Waals surface area contributed by atoms with Crippen LogP contribution in [-0.4, -0.2) is 7.05 Å². The van der Waals surface area contributed by atoms with Gasteiger partial charge in [0.05, 0.1) is 0 Å². The fraction of sp³-hybridized carbons (Fsp3) is 0.111. The molecule has 0 aliphatic carbocycles. The number of anilines is 1. The topological polar surface area (TPSA) is 12.0 Å².